The van der Waals surface area contributed by atoms with E-state index in [2.05, 4.69) is 4.98 Å². The molecule has 94 valence electrons. The summed E-state index contributed by atoms with van der Waals surface area (Å²) in [5.41, 5.74) is 6.07. The molecule has 0 saturated heterocycles. The van der Waals surface area contributed by atoms with Crippen molar-refractivity contribution >= 4 is 34.0 Å². The van der Waals surface area contributed by atoms with E-state index in [1.54, 1.807) is 0 Å². The van der Waals surface area contributed by atoms with Crippen molar-refractivity contribution in [3.63, 3.8) is 0 Å². The van der Waals surface area contributed by atoms with Gasteiger partial charge in [0.05, 0.1) is 5.02 Å². The number of nitrogens with zero attached hydrogens (tertiary/aromatic N) is 1. The van der Waals surface area contributed by atoms with Crippen LogP contribution in [0.3, 0.4) is 0 Å². The first kappa shape index (κ1) is 12.8. The van der Waals surface area contributed by atoms with E-state index in [9.17, 15) is 9.18 Å². The predicted octanol–water partition coefficient (Wildman–Crippen LogP) is 2.87. The molecule has 7 heteroatoms. The molecule has 4 nitrogen and oxygen atoms in total. The van der Waals surface area contributed by atoms with Crippen molar-refractivity contribution in [2.75, 3.05) is 5.73 Å². The van der Waals surface area contributed by atoms with Crippen LogP contribution in [-0.2, 0) is 11.3 Å². The standard InChI is InChI=1S/C11H8ClFN2O2S/c12-8-3-7(13)2-1-6(8)4-17-10(16)9-5-18-11(14)15-9/h1-3,5H,4H2,(H2,14,15). The molecule has 0 unspecified atom stereocenters. The zero-order chi connectivity index (χ0) is 13.1. The summed E-state index contributed by atoms with van der Waals surface area (Å²) in [7, 11) is 0. The summed E-state index contributed by atoms with van der Waals surface area (Å²) in [5, 5.41) is 2.01. The number of ether oxygens (including phenoxy) is 1. The van der Waals surface area contributed by atoms with Gasteiger partial charge in [0.1, 0.15) is 12.4 Å². The van der Waals surface area contributed by atoms with Crippen LogP contribution in [0.1, 0.15) is 16.1 Å². The molecule has 2 N–H and O–H groups in total. The molecule has 0 aliphatic carbocycles. The lowest BCUT2D eigenvalue weighted by Gasteiger charge is -2.05. The van der Waals surface area contributed by atoms with Gasteiger partial charge < -0.3 is 10.5 Å². The highest BCUT2D eigenvalue weighted by molar-refractivity contribution is 7.13. The number of aromatic nitrogens is 1. The van der Waals surface area contributed by atoms with Crippen molar-refractivity contribution in [1.82, 2.24) is 4.98 Å². The molecule has 0 atom stereocenters. The van der Waals surface area contributed by atoms with Gasteiger partial charge in [0.2, 0.25) is 0 Å². The average molecular weight is 287 g/mol. The number of anilines is 1. The average Bonchev–Trinajstić information content (AvgIpc) is 2.74. The monoisotopic (exact) mass is 286 g/mol. The largest absolute Gasteiger partial charge is 0.456 e. The van der Waals surface area contributed by atoms with Gasteiger partial charge in [-0.2, -0.15) is 0 Å². The summed E-state index contributed by atoms with van der Waals surface area (Å²) in [5.74, 6) is -1.04. The number of rotatable bonds is 3. The predicted molar refractivity (Wildman–Crippen MR) is 67.1 cm³/mol. The molecule has 2 rings (SSSR count). The second-order valence-electron chi connectivity index (χ2n) is 3.38. The number of carbonyl (C=O) groups is 1. The molecule has 0 spiro atoms. The fourth-order valence-electron chi connectivity index (χ4n) is 1.24. The Bertz CT molecular complexity index is 588. The zero-order valence-electron chi connectivity index (χ0n) is 9.02. The Morgan fingerprint density at radius 1 is 1.56 bits per heavy atom. The summed E-state index contributed by atoms with van der Waals surface area (Å²) in [6.07, 6.45) is 0. The molecule has 1 aromatic carbocycles. The van der Waals surface area contributed by atoms with Crippen LogP contribution in [0.4, 0.5) is 9.52 Å². The fraction of sp³-hybridized carbons (Fsp3) is 0.0909. The van der Waals surface area contributed by atoms with E-state index in [4.69, 9.17) is 22.1 Å². The first-order valence-corrected chi connectivity index (χ1v) is 6.14. The normalized spacial score (nSPS) is 10.3. The van der Waals surface area contributed by atoms with Crippen LogP contribution in [0.25, 0.3) is 0 Å². The lowest BCUT2D eigenvalue weighted by Crippen LogP contribution is -2.06. The molecule has 0 saturated carbocycles. The summed E-state index contributed by atoms with van der Waals surface area (Å²) >= 11 is 6.95. The highest BCUT2D eigenvalue weighted by Gasteiger charge is 2.12. The lowest BCUT2D eigenvalue weighted by molar-refractivity contribution is 0.0467. The van der Waals surface area contributed by atoms with Crippen molar-refractivity contribution in [3.05, 3.63) is 45.7 Å². The zero-order valence-corrected chi connectivity index (χ0v) is 10.6. The molecule has 0 fully saturated rings. The van der Waals surface area contributed by atoms with Crippen LogP contribution in [0.5, 0.6) is 0 Å². The molecular formula is C11H8ClFN2O2S. The Morgan fingerprint density at radius 2 is 2.33 bits per heavy atom. The first-order chi connectivity index (χ1) is 8.56. The minimum Gasteiger partial charge on any atom is -0.456 e. The van der Waals surface area contributed by atoms with E-state index in [1.807, 2.05) is 0 Å². The lowest BCUT2D eigenvalue weighted by atomic mass is 10.2. The van der Waals surface area contributed by atoms with E-state index >= 15 is 0 Å². The molecular weight excluding hydrogens is 279 g/mol. The van der Waals surface area contributed by atoms with Gasteiger partial charge in [-0.3, -0.25) is 0 Å². The number of hydrogen-bond acceptors (Lipinski definition) is 5. The van der Waals surface area contributed by atoms with Crippen LogP contribution in [0.2, 0.25) is 5.02 Å². The van der Waals surface area contributed by atoms with Crippen LogP contribution < -0.4 is 5.73 Å². The van der Waals surface area contributed by atoms with Gasteiger partial charge in [-0.1, -0.05) is 17.7 Å². The van der Waals surface area contributed by atoms with Crippen LogP contribution in [-0.4, -0.2) is 11.0 Å². The Kier molecular flexibility index (Phi) is 3.78. The quantitative estimate of drug-likeness (QED) is 0.881. The van der Waals surface area contributed by atoms with Gasteiger partial charge >= 0.3 is 5.97 Å². The Labute approximate surface area is 111 Å². The minimum atomic E-state index is -0.594. The topological polar surface area (TPSA) is 65.2 Å². The van der Waals surface area contributed by atoms with Crippen molar-refractivity contribution in [2.24, 2.45) is 0 Å². The molecule has 2 aromatic rings. The number of thiazole rings is 1. The summed E-state index contributed by atoms with van der Waals surface area (Å²) < 4.78 is 17.8. The molecule has 0 radical (unpaired) electrons. The van der Waals surface area contributed by atoms with Crippen LogP contribution in [0, 0.1) is 5.82 Å². The van der Waals surface area contributed by atoms with Crippen LogP contribution >= 0.6 is 22.9 Å². The molecule has 0 aliphatic rings. The van der Waals surface area contributed by atoms with Gasteiger partial charge in [-0.25, -0.2) is 14.2 Å². The third-order valence-corrected chi connectivity index (χ3v) is 3.13. The maximum Gasteiger partial charge on any atom is 0.358 e. The third kappa shape index (κ3) is 2.96. The van der Waals surface area contributed by atoms with E-state index in [0.717, 1.165) is 17.4 Å². The summed E-state index contributed by atoms with van der Waals surface area (Å²) in [6, 6.07) is 3.86. The van der Waals surface area contributed by atoms with Crippen molar-refractivity contribution < 1.29 is 13.9 Å². The number of nitrogen functional groups attached to an aromatic ring is 1. The number of benzene rings is 1. The van der Waals surface area contributed by atoms with E-state index < -0.39 is 11.8 Å². The van der Waals surface area contributed by atoms with Gasteiger partial charge in [0.15, 0.2) is 10.8 Å². The summed E-state index contributed by atoms with van der Waals surface area (Å²) in [4.78, 5) is 15.3. The van der Waals surface area contributed by atoms with Gasteiger partial charge in [-0.05, 0) is 12.1 Å². The van der Waals surface area contributed by atoms with E-state index in [1.165, 1.54) is 17.5 Å². The number of nitrogens with two attached hydrogens (primary N) is 1. The maximum atomic E-state index is 12.8. The summed E-state index contributed by atoms with van der Waals surface area (Å²) in [6.45, 7) is -0.0463. The second kappa shape index (κ2) is 5.32. The number of halogens is 2. The molecule has 1 aromatic heterocycles. The number of carbonyl (C=O) groups excluding carboxylic acids is 1. The second-order valence-corrected chi connectivity index (χ2v) is 4.68. The molecule has 1 heterocycles. The Morgan fingerprint density at radius 3 is 2.94 bits per heavy atom. The Balaban J connectivity index is 2.01. The smallest absolute Gasteiger partial charge is 0.358 e. The van der Waals surface area contributed by atoms with E-state index in [-0.39, 0.29) is 17.3 Å². The molecule has 0 aliphatic heterocycles. The third-order valence-electron chi connectivity index (χ3n) is 2.10. The highest BCUT2D eigenvalue weighted by Crippen LogP contribution is 2.19. The van der Waals surface area contributed by atoms with Crippen molar-refractivity contribution in [3.8, 4) is 0 Å². The number of esters is 1. The first-order valence-electron chi connectivity index (χ1n) is 4.88. The van der Waals surface area contributed by atoms with Gasteiger partial charge in [-0.15, -0.1) is 11.3 Å². The molecule has 0 amide bonds. The molecule has 18 heavy (non-hydrogen) atoms. The highest BCUT2D eigenvalue weighted by atomic mass is 35.5. The molecule has 0 bridgehead atoms. The van der Waals surface area contributed by atoms with Crippen molar-refractivity contribution in [2.45, 2.75) is 6.61 Å². The van der Waals surface area contributed by atoms with Crippen molar-refractivity contribution in [1.29, 1.82) is 0 Å². The fourth-order valence-corrected chi connectivity index (χ4v) is 1.99. The SMILES string of the molecule is Nc1nc(C(=O)OCc2ccc(F)cc2Cl)cs1. The van der Waals surface area contributed by atoms with E-state index in [0.29, 0.717) is 10.7 Å². The van der Waals surface area contributed by atoms with Gasteiger partial charge in [0, 0.05) is 10.9 Å². The van der Waals surface area contributed by atoms with Gasteiger partial charge in [0.25, 0.3) is 0 Å². The van der Waals surface area contributed by atoms with Crippen LogP contribution in [0.15, 0.2) is 23.6 Å². The minimum absolute atomic E-state index is 0.0463. The maximum absolute atomic E-state index is 12.8. The Hall–Kier alpha value is -1.66. The number of hydrogen-bond donors (Lipinski definition) is 1.